The number of aliphatic hydroxyl groups is 1. The highest BCUT2D eigenvalue weighted by atomic mass is 32.1. The lowest BCUT2D eigenvalue weighted by molar-refractivity contribution is 0.241. The molecule has 1 N–H and O–H groups in total. The zero-order valence-electron chi connectivity index (χ0n) is 6.46. The molecule has 1 rings (SSSR count). The van der Waals surface area contributed by atoms with Crippen LogP contribution in [0.1, 0.15) is 21.7 Å². The first-order valence-electron chi connectivity index (χ1n) is 3.23. The molecule has 0 aliphatic carbocycles. The topological polar surface area (TPSA) is 33.1 Å². The predicted octanol–water partition coefficient (Wildman–Crippen LogP) is 1.43. The first-order valence-corrected chi connectivity index (χ1v) is 4.05. The number of thiazole rings is 1. The van der Waals surface area contributed by atoms with Gasteiger partial charge in [0.15, 0.2) is 6.10 Å². The van der Waals surface area contributed by atoms with Gasteiger partial charge in [-0.15, -0.1) is 17.8 Å². The smallest absolute Gasteiger partial charge is 0.150 e. The Bertz CT molecular complexity index is 298. The molecule has 0 aliphatic heterocycles. The minimum absolute atomic E-state index is 0.782. The van der Waals surface area contributed by atoms with Gasteiger partial charge < -0.3 is 5.11 Å². The van der Waals surface area contributed by atoms with Gasteiger partial charge in [0, 0.05) is 0 Å². The molecular weight excluding hydrogens is 158 g/mol. The van der Waals surface area contributed by atoms with Crippen molar-refractivity contribution in [3.63, 3.8) is 0 Å². The maximum Gasteiger partial charge on any atom is 0.150 e. The number of nitrogens with zero attached hydrogens (tertiary/aromatic N) is 1. The average Bonchev–Trinajstić information content (AvgIpc) is 2.28. The quantitative estimate of drug-likeness (QED) is 0.642. The van der Waals surface area contributed by atoms with E-state index in [0.29, 0.717) is 0 Å². The van der Waals surface area contributed by atoms with Gasteiger partial charge >= 0.3 is 0 Å². The Kier molecular flexibility index (Phi) is 2.28. The van der Waals surface area contributed by atoms with E-state index in [0.717, 1.165) is 15.6 Å². The highest BCUT2D eigenvalue weighted by Gasteiger charge is 2.10. The molecule has 0 amide bonds. The fourth-order valence-electron chi connectivity index (χ4n) is 0.876. The Morgan fingerprint density at radius 2 is 2.27 bits per heavy atom. The maximum absolute atomic E-state index is 9.26. The summed E-state index contributed by atoms with van der Waals surface area (Å²) in [5.74, 6) is 2.26. The summed E-state index contributed by atoms with van der Waals surface area (Å²) in [6, 6.07) is 0. The lowest BCUT2D eigenvalue weighted by Crippen LogP contribution is -1.91. The molecule has 0 bridgehead atoms. The van der Waals surface area contributed by atoms with Crippen molar-refractivity contribution in [2.45, 2.75) is 20.0 Å². The summed E-state index contributed by atoms with van der Waals surface area (Å²) < 4.78 is 0. The van der Waals surface area contributed by atoms with Gasteiger partial charge in [0.05, 0.1) is 15.6 Å². The van der Waals surface area contributed by atoms with E-state index in [1.165, 1.54) is 11.3 Å². The Morgan fingerprint density at radius 3 is 2.64 bits per heavy atom. The first kappa shape index (κ1) is 8.25. The summed E-state index contributed by atoms with van der Waals surface area (Å²) in [6.07, 6.45) is 4.27. The van der Waals surface area contributed by atoms with Gasteiger partial charge in [-0.05, 0) is 13.8 Å². The fourth-order valence-corrected chi connectivity index (χ4v) is 1.75. The van der Waals surface area contributed by atoms with E-state index in [2.05, 4.69) is 10.9 Å². The molecule has 1 aromatic heterocycles. The SMILES string of the molecule is C#CC(O)c1sc(C)nc1C. The highest BCUT2D eigenvalue weighted by molar-refractivity contribution is 7.11. The second kappa shape index (κ2) is 3.04. The molecule has 11 heavy (non-hydrogen) atoms. The molecule has 0 aliphatic rings. The van der Waals surface area contributed by atoms with Crippen molar-refractivity contribution in [2.24, 2.45) is 0 Å². The standard InChI is InChI=1S/C8H9NOS/c1-4-7(10)8-5(2)9-6(3)11-8/h1,7,10H,2-3H3. The summed E-state index contributed by atoms with van der Waals surface area (Å²) in [5.41, 5.74) is 0.831. The zero-order chi connectivity index (χ0) is 8.43. The van der Waals surface area contributed by atoms with Gasteiger partial charge in [-0.3, -0.25) is 0 Å². The monoisotopic (exact) mass is 167 g/mol. The largest absolute Gasteiger partial charge is 0.375 e. The lowest BCUT2D eigenvalue weighted by Gasteiger charge is -1.97. The molecule has 1 atom stereocenters. The highest BCUT2D eigenvalue weighted by Crippen LogP contribution is 2.23. The van der Waals surface area contributed by atoms with Crippen LogP contribution in [0.5, 0.6) is 0 Å². The summed E-state index contributed by atoms with van der Waals surface area (Å²) in [7, 11) is 0. The van der Waals surface area contributed by atoms with Crippen molar-refractivity contribution in [1.29, 1.82) is 0 Å². The Morgan fingerprint density at radius 1 is 1.64 bits per heavy atom. The minimum atomic E-state index is -0.791. The summed E-state index contributed by atoms with van der Waals surface area (Å²) in [6.45, 7) is 3.74. The van der Waals surface area contributed by atoms with Gasteiger partial charge in [-0.2, -0.15) is 0 Å². The lowest BCUT2D eigenvalue weighted by atomic mass is 10.3. The van der Waals surface area contributed by atoms with E-state index in [-0.39, 0.29) is 0 Å². The molecular formula is C8H9NOS. The third kappa shape index (κ3) is 1.59. The first-order chi connectivity index (χ1) is 5.15. The van der Waals surface area contributed by atoms with Crippen molar-refractivity contribution in [3.8, 4) is 12.3 Å². The number of hydrogen-bond acceptors (Lipinski definition) is 3. The zero-order valence-corrected chi connectivity index (χ0v) is 7.27. The van der Waals surface area contributed by atoms with Gasteiger partial charge in [0.1, 0.15) is 0 Å². The van der Waals surface area contributed by atoms with Crippen LogP contribution >= 0.6 is 11.3 Å². The van der Waals surface area contributed by atoms with Gasteiger partial charge in [0.2, 0.25) is 0 Å². The molecule has 0 saturated carbocycles. The van der Waals surface area contributed by atoms with Crippen LogP contribution in [-0.2, 0) is 0 Å². The van der Waals surface area contributed by atoms with Crippen LogP contribution < -0.4 is 0 Å². The molecule has 3 heteroatoms. The van der Waals surface area contributed by atoms with Crippen molar-refractivity contribution in [1.82, 2.24) is 4.98 Å². The van der Waals surface area contributed by atoms with Crippen LogP contribution in [0.4, 0.5) is 0 Å². The van der Waals surface area contributed by atoms with Crippen LogP contribution in [0.15, 0.2) is 0 Å². The molecule has 0 spiro atoms. The van der Waals surface area contributed by atoms with Gasteiger partial charge in [0.25, 0.3) is 0 Å². The molecule has 0 saturated heterocycles. The second-order valence-electron chi connectivity index (χ2n) is 2.25. The van der Waals surface area contributed by atoms with Crippen molar-refractivity contribution >= 4 is 11.3 Å². The van der Waals surface area contributed by atoms with Crippen LogP contribution in [0, 0.1) is 26.2 Å². The van der Waals surface area contributed by atoms with Crippen molar-refractivity contribution in [3.05, 3.63) is 15.6 Å². The number of hydrogen-bond donors (Lipinski definition) is 1. The van der Waals surface area contributed by atoms with Crippen LogP contribution in [0.25, 0.3) is 0 Å². The molecule has 0 aromatic carbocycles. The van der Waals surface area contributed by atoms with E-state index < -0.39 is 6.10 Å². The molecule has 1 heterocycles. The Hall–Kier alpha value is -0.850. The third-order valence-corrected chi connectivity index (χ3v) is 2.47. The average molecular weight is 167 g/mol. The van der Waals surface area contributed by atoms with Gasteiger partial charge in [-0.1, -0.05) is 5.92 Å². The van der Waals surface area contributed by atoms with Gasteiger partial charge in [-0.25, -0.2) is 4.98 Å². The molecule has 2 nitrogen and oxygen atoms in total. The normalized spacial score (nSPS) is 12.5. The molecule has 0 radical (unpaired) electrons. The summed E-state index contributed by atoms with van der Waals surface area (Å²) in [5, 5.41) is 10.2. The summed E-state index contributed by atoms with van der Waals surface area (Å²) in [4.78, 5) is 4.93. The second-order valence-corrected chi connectivity index (χ2v) is 3.49. The number of rotatable bonds is 1. The molecule has 1 aromatic rings. The number of aromatic nitrogens is 1. The van der Waals surface area contributed by atoms with Crippen LogP contribution in [0.2, 0.25) is 0 Å². The van der Waals surface area contributed by atoms with E-state index in [9.17, 15) is 5.11 Å². The maximum atomic E-state index is 9.26. The van der Waals surface area contributed by atoms with E-state index in [4.69, 9.17) is 6.42 Å². The van der Waals surface area contributed by atoms with Crippen LogP contribution in [0.3, 0.4) is 0 Å². The number of terminal acetylenes is 1. The fraction of sp³-hybridized carbons (Fsp3) is 0.375. The summed E-state index contributed by atoms with van der Waals surface area (Å²) >= 11 is 1.44. The van der Waals surface area contributed by atoms with Crippen LogP contribution in [-0.4, -0.2) is 10.1 Å². The third-order valence-electron chi connectivity index (χ3n) is 1.35. The number of aliphatic hydroxyl groups excluding tert-OH is 1. The number of aryl methyl sites for hydroxylation is 2. The molecule has 1 unspecified atom stereocenters. The molecule has 58 valence electrons. The van der Waals surface area contributed by atoms with E-state index >= 15 is 0 Å². The van der Waals surface area contributed by atoms with Crippen molar-refractivity contribution in [2.75, 3.05) is 0 Å². The Balaban J connectivity index is 3.05. The predicted molar refractivity (Wildman–Crippen MR) is 45.4 cm³/mol. The molecule has 0 fully saturated rings. The Labute approximate surface area is 69.9 Å². The minimum Gasteiger partial charge on any atom is -0.375 e. The van der Waals surface area contributed by atoms with E-state index in [1.54, 1.807) is 0 Å². The van der Waals surface area contributed by atoms with Crippen molar-refractivity contribution < 1.29 is 5.11 Å². The van der Waals surface area contributed by atoms with E-state index in [1.807, 2.05) is 13.8 Å².